The second-order valence-electron chi connectivity index (χ2n) is 5.98. The predicted molar refractivity (Wildman–Crippen MR) is 62.3 cm³/mol. The number of rotatable bonds is 2. The first-order valence-electron chi connectivity index (χ1n) is 5.87. The first kappa shape index (κ1) is 12.0. The maximum absolute atomic E-state index is 6.19. The molecule has 0 aromatic heterocycles. The van der Waals surface area contributed by atoms with E-state index in [0.717, 1.165) is 12.5 Å². The fraction of sp³-hybridized carbons (Fsp3) is 1.00. The van der Waals surface area contributed by atoms with Crippen LogP contribution in [0.25, 0.3) is 0 Å². The van der Waals surface area contributed by atoms with Crippen LogP contribution in [-0.4, -0.2) is 30.6 Å². The molecule has 0 amide bonds. The average Bonchev–Trinajstić information content (AvgIpc) is 2.02. The molecule has 1 rings (SSSR count). The van der Waals surface area contributed by atoms with Crippen LogP contribution in [-0.2, 0) is 0 Å². The molecule has 2 unspecified atom stereocenters. The van der Waals surface area contributed by atoms with Gasteiger partial charge < -0.3 is 10.6 Å². The van der Waals surface area contributed by atoms with Crippen molar-refractivity contribution in [3.05, 3.63) is 0 Å². The number of nitrogens with two attached hydrogens (primary N) is 1. The van der Waals surface area contributed by atoms with Gasteiger partial charge in [0.25, 0.3) is 0 Å². The van der Waals surface area contributed by atoms with Crippen LogP contribution in [0.1, 0.15) is 40.5 Å². The Balaban J connectivity index is 2.36. The number of hydrogen-bond donors (Lipinski definition) is 1. The molecule has 0 saturated carbocycles. The van der Waals surface area contributed by atoms with Crippen molar-refractivity contribution in [3.8, 4) is 0 Å². The monoisotopic (exact) mass is 198 g/mol. The molecule has 0 bridgehead atoms. The summed E-state index contributed by atoms with van der Waals surface area (Å²) in [6, 6.07) is 0.299. The molecule has 0 spiro atoms. The third-order valence-corrected chi connectivity index (χ3v) is 3.31. The minimum atomic E-state index is 0.237. The first-order chi connectivity index (χ1) is 6.39. The third kappa shape index (κ3) is 3.58. The number of likely N-dealkylation sites (tertiary alicyclic amines) is 1. The second-order valence-corrected chi connectivity index (χ2v) is 5.98. The van der Waals surface area contributed by atoms with Gasteiger partial charge in [0.05, 0.1) is 0 Å². The molecule has 2 atom stereocenters. The molecule has 1 aliphatic rings. The molecular formula is C12H26N2. The molecule has 2 N–H and O–H groups in total. The van der Waals surface area contributed by atoms with Gasteiger partial charge in [0, 0.05) is 19.1 Å². The highest BCUT2D eigenvalue weighted by molar-refractivity contribution is 4.82. The van der Waals surface area contributed by atoms with E-state index in [9.17, 15) is 0 Å². The van der Waals surface area contributed by atoms with Crippen LogP contribution in [0, 0.1) is 11.3 Å². The van der Waals surface area contributed by atoms with Crippen LogP contribution in [0.3, 0.4) is 0 Å². The van der Waals surface area contributed by atoms with Gasteiger partial charge >= 0.3 is 0 Å². The van der Waals surface area contributed by atoms with E-state index >= 15 is 0 Å². The number of nitrogens with zero attached hydrogens (tertiary/aromatic N) is 1. The largest absolute Gasteiger partial charge is 0.326 e. The summed E-state index contributed by atoms with van der Waals surface area (Å²) in [4.78, 5) is 2.53. The quantitative estimate of drug-likeness (QED) is 0.736. The topological polar surface area (TPSA) is 29.3 Å². The van der Waals surface area contributed by atoms with Crippen molar-refractivity contribution in [2.75, 3.05) is 19.6 Å². The molecule has 1 heterocycles. The molecule has 0 radical (unpaired) electrons. The standard InChI is InChI=1S/C12H26N2/c1-10-6-5-7-14(8-10)9-11(13)12(2,3)4/h10-11H,5-9,13H2,1-4H3. The SMILES string of the molecule is CC1CCCN(CC(N)C(C)(C)C)C1. The van der Waals surface area contributed by atoms with E-state index in [1.54, 1.807) is 0 Å². The molecule has 2 nitrogen and oxygen atoms in total. The summed E-state index contributed by atoms with van der Waals surface area (Å²) in [5.74, 6) is 0.857. The maximum Gasteiger partial charge on any atom is 0.0217 e. The van der Waals surface area contributed by atoms with Gasteiger partial charge in [-0.2, -0.15) is 0 Å². The Morgan fingerprint density at radius 1 is 1.43 bits per heavy atom. The fourth-order valence-electron chi connectivity index (χ4n) is 2.00. The molecule has 1 aliphatic heterocycles. The van der Waals surface area contributed by atoms with Crippen molar-refractivity contribution in [3.63, 3.8) is 0 Å². The maximum atomic E-state index is 6.19. The van der Waals surface area contributed by atoms with Crippen LogP contribution in [0.2, 0.25) is 0 Å². The lowest BCUT2D eigenvalue weighted by Gasteiger charge is -2.36. The second kappa shape index (κ2) is 4.63. The van der Waals surface area contributed by atoms with Gasteiger partial charge in [-0.1, -0.05) is 27.7 Å². The van der Waals surface area contributed by atoms with Crippen molar-refractivity contribution in [2.45, 2.75) is 46.6 Å². The van der Waals surface area contributed by atoms with Gasteiger partial charge in [-0.05, 0) is 30.7 Å². The fourth-order valence-corrected chi connectivity index (χ4v) is 2.00. The molecule has 14 heavy (non-hydrogen) atoms. The predicted octanol–water partition coefficient (Wildman–Crippen LogP) is 2.09. The summed E-state index contributed by atoms with van der Waals surface area (Å²) in [5.41, 5.74) is 6.42. The van der Waals surface area contributed by atoms with Gasteiger partial charge in [-0.15, -0.1) is 0 Å². The van der Waals surface area contributed by atoms with Crippen molar-refractivity contribution >= 4 is 0 Å². The lowest BCUT2D eigenvalue weighted by Crippen LogP contribution is -2.48. The van der Waals surface area contributed by atoms with Crippen LogP contribution in [0.5, 0.6) is 0 Å². The van der Waals surface area contributed by atoms with Gasteiger partial charge in [0.1, 0.15) is 0 Å². The van der Waals surface area contributed by atoms with E-state index in [1.807, 2.05) is 0 Å². The molecule has 1 fully saturated rings. The Hall–Kier alpha value is -0.0800. The van der Waals surface area contributed by atoms with E-state index in [1.165, 1.54) is 25.9 Å². The van der Waals surface area contributed by atoms with Crippen molar-refractivity contribution in [1.29, 1.82) is 0 Å². The Bertz CT molecular complexity index is 172. The van der Waals surface area contributed by atoms with Crippen LogP contribution >= 0.6 is 0 Å². The van der Waals surface area contributed by atoms with E-state index in [2.05, 4.69) is 32.6 Å². The number of hydrogen-bond acceptors (Lipinski definition) is 2. The Kier molecular flexibility index (Phi) is 3.96. The zero-order valence-electron chi connectivity index (χ0n) is 10.2. The summed E-state index contributed by atoms with van der Waals surface area (Å²) >= 11 is 0. The average molecular weight is 198 g/mol. The lowest BCUT2D eigenvalue weighted by molar-refractivity contribution is 0.146. The molecule has 0 aromatic rings. The summed E-state index contributed by atoms with van der Waals surface area (Å²) in [6.45, 7) is 12.6. The third-order valence-electron chi connectivity index (χ3n) is 3.31. The smallest absolute Gasteiger partial charge is 0.0217 e. The number of piperidine rings is 1. The minimum Gasteiger partial charge on any atom is -0.326 e. The van der Waals surface area contributed by atoms with E-state index < -0.39 is 0 Å². The summed E-state index contributed by atoms with van der Waals surface area (Å²) in [7, 11) is 0. The summed E-state index contributed by atoms with van der Waals surface area (Å²) < 4.78 is 0. The van der Waals surface area contributed by atoms with E-state index in [-0.39, 0.29) is 5.41 Å². The van der Waals surface area contributed by atoms with Crippen molar-refractivity contribution < 1.29 is 0 Å². The van der Waals surface area contributed by atoms with Crippen molar-refractivity contribution in [2.24, 2.45) is 17.1 Å². The van der Waals surface area contributed by atoms with Gasteiger partial charge in [0.15, 0.2) is 0 Å². The normalized spacial score (nSPS) is 27.6. The molecule has 1 saturated heterocycles. The lowest BCUT2D eigenvalue weighted by atomic mass is 9.86. The van der Waals surface area contributed by atoms with E-state index in [0.29, 0.717) is 6.04 Å². The van der Waals surface area contributed by atoms with Gasteiger partial charge in [-0.25, -0.2) is 0 Å². The zero-order chi connectivity index (χ0) is 10.8. The van der Waals surface area contributed by atoms with E-state index in [4.69, 9.17) is 5.73 Å². The summed E-state index contributed by atoms with van der Waals surface area (Å²) in [6.07, 6.45) is 2.74. The Morgan fingerprint density at radius 2 is 2.07 bits per heavy atom. The molecular weight excluding hydrogens is 172 g/mol. The van der Waals surface area contributed by atoms with Crippen molar-refractivity contribution in [1.82, 2.24) is 4.90 Å². The highest BCUT2D eigenvalue weighted by Crippen LogP contribution is 2.21. The Labute approximate surface area is 88.8 Å². The van der Waals surface area contributed by atoms with Crippen LogP contribution in [0.15, 0.2) is 0 Å². The van der Waals surface area contributed by atoms with Gasteiger partial charge in [-0.3, -0.25) is 0 Å². The van der Waals surface area contributed by atoms with Gasteiger partial charge in [0.2, 0.25) is 0 Å². The van der Waals surface area contributed by atoms with Crippen LogP contribution < -0.4 is 5.73 Å². The summed E-state index contributed by atoms with van der Waals surface area (Å²) in [5, 5.41) is 0. The van der Waals surface area contributed by atoms with Crippen LogP contribution in [0.4, 0.5) is 0 Å². The molecule has 84 valence electrons. The molecule has 0 aliphatic carbocycles. The minimum absolute atomic E-state index is 0.237. The molecule has 0 aromatic carbocycles. The highest BCUT2D eigenvalue weighted by Gasteiger charge is 2.25. The first-order valence-corrected chi connectivity index (χ1v) is 5.87. The zero-order valence-corrected chi connectivity index (χ0v) is 10.2. The Morgan fingerprint density at radius 3 is 2.57 bits per heavy atom. The molecule has 2 heteroatoms. The highest BCUT2D eigenvalue weighted by atomic mass is 15.1.